The number of aromatic nitrogens is 1. The molecule has 17 heavy (non-hydrogen) atoms. The molecule has 90 valence electrons. The van der Waals surface area contributed by atoms with Crippen molar-refractivity contribution in [1.29, 1.82) is 0 Å². The van der Waals surface area contributed by atoms with Gasteiger partial charge in [-0.3, -0.25) is 0 Å². The van der Waals surface area contributed by atoms with Gasteiger partial charge in [0.1, 0.15) is 11.3 Å². The van der Waals surface area contributed by atoms with Crippen molar-refractivity contribution in [2.24, 2.45) is 0 Å². The zero-order chi connectivity index (χ0) is 11.8. The molecule has 0 saturated heterocycles. The Balaban J connectivity index is 1.99. The van der Waals surface area contributed by atoms with Gasteiger partial charge in [0.15, 0.2) is 5.58 Å². The smallest absolute Gasteiger partial charge is 0.201 e. The van der Waals surface area contributed by atoms with Crippen LogP contribution < -0.4 is 0 Å². The van der Waals surface area contributed by atoms with Crippen molar-refractivity contribution in [3.8, 4) is 0 Å². The molecule has 1 aromatic carbocycles. The summed E-state index contributed by atoms with van der Waals surface area (Å²) in [5.41, 5.74) is 1.11. The molecule has 3 nitrogen and oxygen atoms in total. The summed E-state index contributed by atoms with van der Waals surface area (Å²) in [7, 11) is 0. The van der Waals surface area contributed by atoms with E-state index in [2.05, 4.69) is 4.98 Å². The normalized spacial score (nSPS) is 25.3. The Morgan fingerprint density at radius 1 is 1.29 bits per heavy atom. The van der Waals surface area contributed by atoms with Crippen LogP contribution in [0, 0.1) is 5.82 Å². The van der Waals surface area contributed by atoms with Gasteiger partial charge in [0.05, 0.1) is 12.0 Å². The summed E-state index contributed by atoms with van der Waals surface area (Å²) in [6.45, 7) is 0. The predicted molar refractivity (Wildman–Crippen MR) is 61.2 cm³/mol. The molecule has 1 aromatic heterocycles. The molecule has 1 saturated carbocycles. The molecule has 0 spiro atoms. The number of hydrogen-bond acceptors (Lipinski definition) is 3. The van der Waals surface area contributed by atoms with Gasteiger partial charge >= 0.3 is 0 Å². The molecule has 1 aliphatic carbocycles. The van der Waals surface area contributed by atoms with Gasteiger partial charge in [-0.25, -0.2) is 9.37 Å². The molecular weight excluding hydrogens is 221 g/mol. The number of aliphatic hydroxyl groups is 1. The van der Waals surface area contributed by atoms with E-state index in [0.29, 0.717) is 17.0 Å². The molecule has 3 rings (SSSR count). The largest absolute Gasteiger partial charge is 0.440 e. The first-order valence-corrected chi connectivity index (χ1v) is 5.98. The standard InChI is InChI=1S/C13H14FNO2/c14-8-5-6-10-12(7-8)17-13(15-10)9-3-1-2-4-11(9)16/h5-7,9,11,16H,1-4H2/t9-,11-/m1/s1. The zero-order valence-corrected chi connectivity index (χ0v) is 9.40. The topological polar surface area (TPSA) is 46.3 Å². The Kier molecular flexibility index (Phi) is 2.59. The van der Waals surface area contributed by atoms with Gasteiger partial charge in [0.25, 0.3) is 0 Å². The third-order valence-electron chi connectivity index (χ3n) is 3.41. The minimum atomic E-state index is -0.387. The van der Waals surface area contributed by atoms with Gasteiger partial charge in [-0.1, -0.05) is 12.8 Å². The number of rotatable bonds is 1. The van der Waals surface area contributed by atoms with Crippen LogP contribution in [0.5, 0.6) is 0 Å². The maximum absolute atomic E-state index is 13.0. The molecule has 1 fully saturated rings. The minimum absolute atomic E-state index is 0.0424. The SMILES string of the molecule is O[C@@H]1CCCC[C@H]1c1nc2ccc(F)cc2o1. The molecule has 2 aromatic rings. The highest BCUT2D eigenvalue weighted by atomic mass is 19.1. The first-order valence-electron chi connectivity index (χ1n) is 5.98. The summed E-state index contributed by atoms with van der Waals surface area (Å²) in [5, 5.41) is 9.93. The minimum Gasteiger partial charge on any atom is -0.440 e. The average Bonchev–Trinajstić information content (AvgIpc) is 2.72. The second-order valence-corrected chi connectivity index (χ2v) is 4.62. The number of nitrogens with zero attached hydrogens (tertiary/aromatic N) is 1. The van der Waals surface area contributed by atoms with Crippen LogP contribution in [-0.4, -0.2) is 16.2 Å². The molecule has 0 unspecified atom stereocenters. The van der Waals surface area contributed by atoms with Crippen molar-refractivity contribution in [2.45, 2.75) is 37.7 Å². The molecule has 2 atom stereocenters. The lowest BCUT2D eigenvalue weighted by Crippen LogP contribution is -2.22. The van der Waals surface area contributed by atoms with E-state index in [4.69, 9.17) is 4.42 Å². The third-order valence-corrected chi connectivity index (χ3v) is 3.41. The first kappa shape index (κ1) is 10.7. The van der Waals surface area contributed by atoms with Gasteiger partial charge < -0.3 is 9.52 Å². The van der Waals surface area contributed by atoms with Crippen LogP contribution in [0.1, 0.15) is 37.5 Å². The highest BCUT2D eigenvalue weighted by molar-refractivity contribution is 5.72. The fourth-order valence-electron chi connectivity index (χ4n) is 2.47. The molecule has 0 amide bonds. The Morgan fingerprint density at radius 3 is 2.94 bits per heavy atom. The summed E-state index contributed by atoms with van der Waals surface area (Å²) < 4.78 is 18.6. The van der Waals surface area contributed by atoms with Crippen LogP contribution >= 0.6 is 0 Å². The Morgan fingerprint density at radius 2 is 2.12 bits per heavy atom. The van der Waals surface area contributed by atoms with Crippen molar-refractivity contribution in [1.82, 2.24) is 4.98 Å². The van der Waals surface area contributed by atoms with E-state index >= 15 is 0 Å². The third kappa shape index (κ3) is 1.93. The molecule has 1 heterocycles. The van der Waals surface area contributed by atoms with Crippen LogP contribution in [0.2, 0.25) is 0 Å². The number of halogens is 1. The average molecular weight is 235 g/mol. The van der Waals surface area contributed by atoms with Crippen LogP contribution in [0.4, 0.5) is 4.39 Å². The Labute approximate surface area is 98.3 Å². The molecule has 1 N–H and O–H groups in total. The Hall–Kier alpha value is -1.42. The highest BCUT2D eigenvalue weighted by Gasteiger charge is 2.28. The molecule has 0 bridgehead atoms. The summed E-state index contributed by atoms with van der Waals surface area (Å²) in [5.74, 6) is 0.168. The summed E-state index contributed by atoms with van der Waals surface area (Å²) in [4.78, 5) is 4.33. The number of aliphatic hydroxyl groups excluding tert-OH is 1. The second-order valence-electron chi connectivity index (χ2n) is 4.62. The fraction of sp³-hybridized carbons (Fsp3) is 0.462. The van der Waals surface area contributed by atoms with Crippen LogP contribution in [-0.2, 0) is 0 Å². The lowest BCUT2D eigenvalue weighted by molar-refractivity contribution is 0.0949. The second kappa shape index (κ2) is 4.11. The van der Waals surface area contributed by atoms with E-state index in [-0.39, 0.29) is 17.8 Å². The fourth-order valence-corrected chi connectivity index (χ4v) is 2.47. The van der Waals surface area contributed by atoms with Gasteiger partial charge in [-0.05, 0) is 25.0 Å². The van der Waals surface area contributed by atoms with Crippen molar-refractivity contribution >= 4 is 11.1 Å². The van der Waals surface area contributed by atoms with Crippen LogP contribution in [0.3, 0.4) is 0 Å². The number of fused-ring (bicyclic) bond motifs is 1. The maximum Gasteiger partial charge on any atom is 0.201 e. The summed E-state index contributed by atoms with van der Waals surface area (Å²) in [6.07, 6.45) is 3.41. The van der Waals surface area contributed by atoms with Gasteiger partial charge in [0.2, 0.25) is 5.89 Å². The lowest BCUT2D eigenvalue weighted by atomic mass is 9.86. The quantitative estimate of drug-likeness (QED) is 0.826. The molecule has 0 aliphatic heterocycles. The van der Waals surface area contributed by atoms with Crippen molar-refractivity contribution in [3.05, 3.63) is 29.9 Å². The van der Waals surface area contributed by atoms with Crippen molar-refractivity contribution in [2.75, 3.05) is 0 Å². The molecule has 0 radical (unpaired) electrons. The first-order chi connectivity index (χ1) is 8.24. The van der Waals surface area contributed by atoms with Crippen molar-refractivity contribution in [3.63, 3.8) is 0 Å². The van der Waals surface area contributed by atoms with Gasteiger partial charge in [-0.2, -0.15) is 0 Å². The maximum atomic E-state index is 13.0. The monoisotopic (exact) mass is 235 g/mol. The highest BCUT2D eigenvalue weighted by Crippen LogP contribution is 2.34. The summed E-state index contributed by atoms with van der Waals surface area (Å²) in [6, 6.07) is 4.31. The number of benzene rings is 1. The lowest BCUT2D eigenvalue weighted by Gasteiger charge is -2.24. The van der Waals surface area contributed by atoms with Gasteiger partial charge in [0, 0.05) is 6.07 Å². The number of oxazole rings is 1. The van der Waals surface area contributed by atoms with Gasteiger partial charge in [-0.15, -0.1) is 0 Å². The molecule has 4 heteroatoms. The molecular formula is C13H14FNO2. The Bertz CT molecular complexity index is 537. The summed E-state index contributed by atoms with van der Waals surface area (Å²) >= 11 is 0. The van der Waals surface area contributed by atoms with E-state index in [1.807, 2.05) is 0 Å². The van der Waals surface area contributed by atoms with E-state index in [9.17, 15) is 9.50 Å². The van der Waals surface area contributed by atoms with E-state index < -0.39 is 0 Å². The number of hydrogen-bond donors (Lipinski definition) is 1. The molecule has 1 aliphatic rings. The van der Waals surface area contributed by atoms with Crippen LogP contribution in [0.25, 0.3) is 11.1 Å². The van der Waals surface area contributed by atoms with E-state index in [1.54, 1.807) is 6.07 Å². The van der Waals surface area contributed by atoms with Crippen LogP contribution in [0.15, 0.2) is 22.6 Å². The predicted octanol–water partition coefficient (Wildman–Crippen LogP) is 2.99. The van der Waals surface area contributed by atoms with E-state index in [0.717, 1.165) is 25.7 Å². The zero-order valence-electron chi connectivity index (χ0n) is 9.40. The van der Waals surface area contributed by atoms with E-state index in [1.165, 1.54) is 12.1 Å². The van der Waals surface area contributed by atoms with Crippen molar-refractivity contribution < 1.29 is 13.9 Å².